The van der Waals surface area contributed by atoms with Crippen LogP contribution in [0.25, 0.3) is 21.8 Å². The van der Waals surface area contributed by atoms with Crippen LogP contribution in [0.2, 0.25) is 5.02 Å². The van der Waals surface area contributed by atoms with E-state index in [0.717, 1.165) is 66.2 Å². The van der Waals surface area contributed by atoms with Gasteiger partial charge in [-0.1, -0.05) is 29.8 Å². The zero-order chi connectivity index (χ0) is 22.1. The van der Waals surface area contributed by atoms with Crippen molar-refractivity contribution in [2.24, 2.45) is 0 Å². The molecule has 1 aliphatic rings. The SMILES string of the molecule is Cc1ccc2c(c1)ncc1c(=O)n(CCCN3CCN(c4cccc(Cl)c4)CC3)cnc12.Cl.Cl.Cl. The van der Waals surface area contributed by atoms with Gasteiger partial charge in [0.2, 0.25) is 0 Å². The van der Waals surface area contributed by atoms with Crippen LogP contribution < -0.4 is 10.5 Å². The van der Waals surface area contributed by atoms with E-state index in [2.05, 4.69) is 25.8 Å². The summed E-state index contributed by atoms with van der Waals surface area (Å²) >= 11 is 6.13. The Balaban J connectivity index is 0.00000144. The maximum absolute atomic E-state index is 13.0. The molecule has 0 unspecified atom stereocenters. The van der Waals surface area contributed by atoms with E-state index in [9.17, 15) is 4.79 Å². The normalized spacial score (nSPS) is 13.7. The van der Waals surface area contributed by atoms with E-state index in [1.165, 1.54) is 5.69 Å². The highest BCUT2D eigenvalue weighted by Crippen LogP contribution is 2.22. The van der Waals surface area contributed by atoms with Crippen molar-refractivity contribution in [1.82, 2.24) is 19.4 Å². The molecule has 1 fully saturated rings. The molecule has 5 rings (SSSR count). The summed E-state index contributed by atoms with van der Waals surface area (Å²) in [4.78, 5) is 26.9. The first-order valence-electron chi connectivity index (χ1n) is 11.1. The van der Waals surface area contributed by atoms with Gasteiger partial charge in [-0.2, -0.15) is 0 Å². The molecule has 0 radical (unpaired) electrons. The maximum Gasteiger partial charge on any atom is 0.262 e. The third-order valence-corrected chi connectivity index (χ3v) is 6.47. The first kappa shape index (κ1) is 29.1. The predicted molar refractivity (Wildman–Crippen MR) is 153 cm³/mol. The van der Waals surface area contributed by atoms with Crippen molar-refractivity contribution in [2.75, 3.05) is 37.6 Å². The number of anilines is 1. The van der Waals surface area contributed by atoms with Crippen LogP contribution >= 0.6 is 48.8 Å². The minimum absolute atomic E-state index is 0. The zero-order valence-electron chi connectivity index (χ0n) is 19.4. The average molecular weight is 557 g/mol. The molecule has 0 aliphatic carbocycles. The molecule has 35 heavy (non-hydrogen) atoms. The number of aryl methyl sites for hydroxylation is 2. The summed E-state index contributed by atoms with van der Waals surface area (Å²) in [5, 5.41) is 2.28. The van der Waals surface area contributed by atoms with Gasteiger partial charge in [0.15, 0.2) is 0 Å². The standard InChI is InChI=1S/C25H26ClN5O.3ClH/c1-18-6-7-21-23(14-18)27-16-22-24(21)28-17-31(25(22)32)9-3-8-29-10-12-30(13-11-29)20-5-2-4-19(26)15-20;;;/h2,4-7,14-17H,3,8-13H2,1H3;3*1H. The number of rotatable bonds is 5. The van der Waals surface area contributed by atoms with Crippen molar-refractivity contribution in [2.45, 2.75) is 19.9 Å². The Kier molecular flexibility index (Phi) is 10.6. The van der Waals surface area contributed by atoms with Crippen LogP contribution in [0.4, 0.5) is 5.69 Å². The molecule has 2 aromatic heterocycles. The van der Waals surface area contributed by atoms with E-state index in [0.29, 0.717) is 11.9 Å². The highest BCUT2D eigenvalue weighted by molar-refractivity contribution is 6.30. The Bertz CT molecular complexity index is 1340. The van der Waals surface area contributed by atoms with Crippen LogP contribution in [0.15, 0.2) is 59.8 Å². The van der Waals surface area contributed by atoms with E-state index in [4.69, 9.17) is 11.6 Å². The van der Waals surface area contributed by atoms with Crippen molar-refractivity contribution >= 4 is 76.3 Å². The van der Waals surface area contributed by atoms with Gasteiger partial charge in [-0.05, 0) is 49.7 Å². The number of hydrogen-bond acceptors (Lipinski definition) is 5. The van der Waals surface area contributed by atoms with Gasteiger partial charge >= 0.3 is 0 Å². The number of benzene rings is 2. The lowest BCUT2D eigenvalue weighted by atomic mass is 10.1. The van der Waals surface area contributed by atoms with E-state index in [1.807, 2.05) is 43.3 Å². The van der Waals surface area contributed by atoms with Gasteiger partial charge in [0.05, 0.1) is 22.7 Å². The molecule has 188 valence electrons. The van der Waals surface area contributed by atoms with Gasteiger partial charge in [0, 0.05) is 55.0 Å². The van der Waals surface area contributed by atoms with Gasteiger partial charge in [0.1, 0.15) is 0 Å². The molecule has 0 spiro atoms. The van der Waals surface area contributed by atoms with Crippen molar-refractivity contribution in [3.8, 4) is 0 Å². The first-order valence-corrected chi connectivity index (χ1v) is 11.4. The Hall–Kier alpha value is -2.09. The van der Waals surface area contributed by atoms with Gasteiger partial charge in [-0.3, -0.25) is 19.2 Å². The number of halogens is 4. The van der Waals surface area contributed by atoms with Crippen molar-refractivity contribution in [1.29, 1.82) is 0 Å². The molecule has 2 aromatic carbocycles. The third kappa shape index (κ3) is 6.38. The van der Waals surface area contributed by atoms with Crippen LogP contribution in [0.3, 0.4) is 0 Å². The zero-order valence-corrected chi connectivity index (χ0v) is 22.6. The first-order chi connectivity index (χ1) is 15.6. The molecule has 0 N–H and O–H groups in total. The average Bonchev–Trinajstić information content (AvgIpc) is 2.80. The second-order valence-corrected chi connectivity index (χ2v) is 8.88. The van der Waals surface area contributed by atoms with Crippen molar-refractivity contribution < 1.29 is 0 Å². The molecule has 10 heteroatoms. The summed E-state index contributed by atoms with van der Waals surface area (Å²) in [7, 11) is 0. The van der Waals surface area contributed by atoms with Gasteiger partial charge in [-0.25, -0.2) is 4.98 Å². The summed E-state index contributed by atoms with van der Waals surface area (Å²) < 4.78 is 1.71. The van der Waals surface area contributed by atoms with E-state index < -0.39 is 0 Å². The van der Waals surface area contributed by atoms with Crippen LogP contribution in [0.5, 0.6) is 0 Å². The molecule has 0 amide bonds. The molecule has 0 atom stereocenters. The van der Waals surface area contributed by atoms with Crippen molar-refractivity contribution in [3.63, 3.8) is 0 Å². The lowest BCUT2D eigenvalue weighted by Crippen LogP contribution is -2.46. The molecule has 0 bridgehead atoms. The molecule has 6 nitrogen and oxygen atoms in total. The molecule has 0 saturated carbocycles. The highest BCUT2D eigenvalue weighted by atomic mass is 35.5. The summed E-state index contributed by atoms with van der Waals surface area (Å²) in [6, 6.07) is 14.1. The fourth-order valence-electron chi connectivity index (χ4n) is 4.45. The van der Waals surface area contributed by atoms with Crippen LogP contribution in [-0.4, -0.2) is 52.2 Å². The highest BCUT2D eigenvalue weighted by Gasteiger charge is 2.17. The smallest absolute Gasteiger partial charge is 0.262 e. The van der Waals surface area contributed by atoms with Gasteiger partial charge in [0.25, 0.3) is 5.56 Å². The quantitative estimate of drug-likeness (QED) is 0.309. The lowest BCUT2D eigenvalue weighted by Gasteiger charge is -2.36. The number of nitrogens with zero attached hydrogens (tertiary/aromatic N) is 5. The second kappa shape index (κ2) is 12.7. The minimum Gasteiger partial charge on any atom is -0.369 e. The summed E-state index contributed by atoms with van der Waals surface area (Å²) in [5.74, 6) is 0. The monoisotopic (exact) mass is 555 g/mol. The predicted octanol–water partition coefficient (Wildman–Crippen LogP) is 5.38. The lowest BCUT2D eigenvalue weighted by molar-refractivity contribution is 0.250. The molecule has 4 aromatic rings. The third-order valence-electron chi connectivity index (χ3n) is 6.23. The Morgan fingerprint density at radius 3 is 2.43 bits per heavy atom. The van der Waals surface area contributed by atoms with E-state index >= 15 is 0 Å². The molecule has 1 aliphatic heterocycles. The summed E-state index contributed by atoms with van der Waals surface area (Å²) in [5.41, 5.74) is 3.91. The molecule has 3 heterocycles. The maximum atomic E-state index is 13.0. The Morgan fingerprint density at radius 2 is 1.69 bits per heavy atom. The molecular formula is C25H29Cl4N5O. The number of pyridine rings is 1. The number of hydrogen-bond donors (Lipinski definition) is 0. The van der Waals surface area contributed by atoms with Crippen LogP contribution in [0.1, 0.15) is 12.0 Å². The van der Waals surface area contributed by atoms with Crippen LogP contribution in [-0.2, 0) is 6.54 Å². The number of piperazine rings is 1. The fraction of sp³-hybridized carbons (Fsp3) is 0.320. The Labute approximate surface area is 228 Å². The van der Waals surface area contributed by atoms with Crippen LogP contribution in [0, 0.1) is 6.92 Å². The fourth-order valence-corrected chi connectivity index (χ4v) is 4.63. The number of fused-ring (bicyclic) bond motifs is 3. The summed E-state index contributed by atoms with van der Waals surface area (Å²) in [6.45, 7) is 7.63. The minimum atomic E-state index is -0.0178. The van der Waals surface area contributed by atoms with E-state index in [-0.39, 0.29) is 42.8 Å². The topological polar surface area (TPSA) is 54.3 Å². The summed E-state index contributed by atoms with van der Waals surface area (Å²) in [6.07, 6.45) is 4.25. The number of aromatic nitrogens is 3. The van der Waals surface area contributed by atoms with E-state index in [1.54, 1.807) is 17.1 Å². The van der Waals surface area contributed by atoms with Crippen molar-refractivity contribution in [3.05, 3.63) is 75.9 Å². The largest absolute Gasteiger partial charge is 0.369 e. The molecule has 1 saturated heterocycles. The van der Waals surface area contributed by atoms with Gasteiger partial charge in [-0.15, -0.1) is 37.2 Å². The second-order valence-electron chi connectivity index (χ2n) is 8.45. The molecular weight excluding hydrogens is 528 g/mol. The Morgan fingerprint density at radius 1 is 0.914 bits per heavy atom. The van der Waals surface area contributed by atoms with Gasteiger partial charge < -0.3 is 4.90 Å².